The molecule has 0 aliphatic carbocycles. The number of anilines is 1. The van der Waals surface area contributed by atoms with Crippen LogP contribution in [0.3, 0.4) is 0 Å². The van der Waals surface area contributed by atoms with Crippen molar-refractivity contribution in [3.05, 3.63) is 11.8 Å². The quantitative estimate of drug-likeness (QED) is 0.444. The van der Waals surface area contributed by atoms with E-state index in [9.17, 15) is 4.57 Å². The van der Waals surface area contributed by atoms with Crippen LogP contribution in [0.5, 0.6) is 0 Å². The molecular formula is C10H18N3O4PS. The van der Waals surface area contributed by atoms with Crippen molar-refractivity contribution in [1.29, 1.82) is 0 Å². The fraction of sp³-hybridized carbons (Fsp3) is 0.600. The van der Waals surface area contributed by atoms with Gasteiger partial charge >= 0.3 is 7.82 Å². The molecule has 1 aromatic rings. The number of thioether (sulfide) groups is 1. The maximum absolute atomic E-state index is 12.1. The van der Waals surface area contributed by atoms with Gasteiger partial charge in [-0.15, -0.1) is 0 Å². The molecule has 0 spiro atoms. The third kappa shape index (κ3) is 5.08. The summed E-state index contributed by atoms with van der Waals surface area (Å²) in [6.07, 6.45) is 3.39. The van der Waals surface area contributed by atoms with E-state index in [0.29, 0.717) is 16.5 Å². The first-order valence-electron chi connectivity index (χ1n) is 5.73. The highest BCUT2D eigenvalue weighted by Crippen LogP contribution is 2.50. The van der Waals surface area contributed by atoms with Crippen LogP contribution >= 0.6 is 19.6 Å². The highest BCUT2D eigenvalue weighted by atomic mass is 32.2. The lowest BCUT2D eigenvalue weighted by Crippen LogP contribution is -2.05. The van der Waals surface area contributed by atoms with Gasteiger partial charge in [0.25, 0.3) is 0 Å². The summed E-state index contributed by atoms with van der Waals surface area (Å²) in [5.41, 5.74) is 6.30. The zero-order chi connectivity index (χ0) is 14.3. The Balaban J connectivity index is 2.71. The van der Waals surface area contributed by atoms with Crippen molar-refractivity contribution in [2.24, 2.45) is 0 Å². The molecule has 0 amide bonds. The summed E-state index contributed by atoms with van der Waals surface area (Å²) < 4.78 is 27.3. The van der Waals surface area contributed by atoms with E-state index in [1.807, 2.05) is 6.26 Å². The minimum Gasteiger partial charge on any atom is -0.383 e. The van der Waals surface area contributed by atoms with E-state index in [4.69, 9.17) is 19.3 Å². The van der Waals surface area contributed by atoms with Crippen LogP contribution in [0.4, 0.5) is 5.82 Å². The highest BCUT2D eigenvalue weighted by molar-refractivity contribution is 7.98. The lowest BCUT2D eigenvalue weighted by Gasteiger charge is -2.16. The standard InChI is InChI=1S/C10H18N3O4PS/c1-4-15-18(14,16-5-2)17-7-8-6-12-10(19-3)13-9(8)11/h6H,4-5,7H2,1-3H3,(H2,11,12,13). The zero-order valence-corrected chi connectivity index (χ0v) is 12.9. The largest absolute Gasteiger partial charge is 0.475 e. The molecule has 1 aromatic heterocycles. The summed E-state index contributed by atoms with van der Waals surface area (Å²) in [7, 11) is -3.54. The number of nitrogen functional groups attached to an aromatic ring is 1. The monoisotopic (exact) mass is 307 g/mol. The number of phosphoric acid groups is 1. The number of phosphoric ester groups is 1. The lowest BCUT2D eigenvalue weighted by molar-refractivity contribution is 0.116. The van der Waals surface area contributed by atoms with E-state index in [1.165, 1.54) is 18.0 Å². The molecule has 0 radical (unpaired) electrons. The average Bonchev–Trinajstić information content (AvgIpc) is 2.38. The van der Waals surface area contributed by atoms with Gasteiger partial charge in [0.2, 0.25) is 0 Å². The topological polar surface area (TPSA) is 96.6 Å². The van der Waals surface area contributed by atoms with Crippen LogP contribution in [-0.2, 0) is 24.7 Å². The molecule has 0 aliphatic heterocycles. The Morgan fingerprint density at radius 3 is 2.42 bits per heavy atom. The molecule has 0 saturated heterocycles. The van der Waals surface area contributed by atoms with Gasteiger partial charge in [0.15, 0.2) is 5.16 Å². The Hall–Kier alpha value is -0.660. The zero-order valence-electron chi connectivity index (χ0n) is 11.2. The SMILES string of the molecule is CCOP(=O)(OCC)OCc1cnc(SC)nc1N. The predicted octanol–water partition coefficient (Wildman–Crippen LogP) is 2.48. The van der Waals surface area contributed by atoms with Crippen LogP contribution in [-0.4, -0.2) is 29.4 Å². The van der Waals surface area contributed by atoms with Crippen LogP contribution in [0.1, 0.15) is 19.4 Å². The Morgan fingerprint density at radius 2 is 1.95 bits per heavy atom. The van der Waals surface area contributed by atoms with Crippen molar-refractivity contribution >= 4 is 25.4 Å². The Kier molecular flexibility index (Phi) is 6.74. The predicted molar refractivity (Wildman–Crippen MR) is 73.9 cm³/mol. The third-order valence-corrected chi connectivity index (χ3v) is 4.17. The van der Waals surface area contributed by atoms with E-state index < -0.39 is 7.82 Å². The minimum atomic E-state index is -3.54. The summed E-state index contributed by atoms with van der Waals surface area (Å²) in [5.74, 6) is 0.291. The summed E-state index contributed by atoms with van der Waals surface area (Å²) in [4.78, 5) is 8.13. The van der Waals surface area contributed by atoms with Crippen LogP contribution in [0.15, 0.2) is 11.4 Å². The van der Waals surface area contributed by atoms with Crippen molar-refractivity contribution in [2.45, 2.75) is 25.6 Å². The first-order chi connectivity index (χ1) is 9.04. The molecule has 0 atom stereocenters. The van der Waals surface area contributed by atoms with E-state index in [-0.39, 0.29) is 19.8 Å². The molecule has 0 saturated carbocycles. The molecule has 9 heteroatoms. The van der Waals surface area contributed by atoms with Gasteiger partial charge in [-0.25, -0.2) is 14.5 Å². The first-order valence-corrected chi connectivity index (χ1v) is 8.42. The summed E-state index contributed by atoms with van der Waals surface area (Å²) in [6.45, 7) is 3.85. The Bertz CT molecular complexity index is 450. The van der Waals surface area contributed by atoms with Gasteiger partial charge in [-0.2, -0.15) is 0 Å². The van der Waals surface area contributed by atoms with Gasteiger partial charge in [-0.1, -0.05) is 11.8 Å². The van der Waals surface area contributed by atoms with Crippen molar-refractivity contribution in [3.8, 4) is 0 Å². The van der Waals surface area contributed by atoms with E-state index in [2.05, 4.69) is 9.97 Å². The van der Waals surface area contributed by atoms with Crippen molar-refractivity contribution in [2.75, 3.05) is 25.2 Å². The maximum Gasteiger partial charge on any atom is 0.475 e. The second-order valence-corrected chi connectivity index (χ2v) is 5.77. The lowest BCUT2D eigenvalue weighted by atomic mass is 10.3. The van der Waals surface area contributed by atoms with Gasteiger partial charge in [0.1, 0.15) is 5.82 Å². The molecule has 7 nitrogen and oxygen atoms in total. The fourth-order valence-electron chi connectivity index (χ4n) is 1.19. The first kappa shape index (κ1) is 16.4. The van der Waals surface area contributed by atoms with Gasteiger partial charge < -0.3 is 5.73 Å². The van der Waals surface area contributed by atoms with Crippen LogP contribution in [0.25, 0.3) is 0 Å². The normalized spacial score (nSPS) is 11.7. The number of hydrogen-bond acceptors (Lipinski definition) is 8. The van der Waals surface area contributed by atoms with Crippen LogP contribution in [0.2, 0.25) is 0 Å². The molecule has 0 aliphatic rings. The summed E-state index contributed by atoms with van der Waals surface area (Å²) >= 11 is 1.38. The Morgan fingerprint density at radius 1 is 1.32 bits per heavy atom. The fourth-order valence-corrected chi connectivity index (χ4v) is 2.69. The number of aromatic nitrogens is 2. The van der Waals surface area contributed by atoms with Crippen molar-refractivity contribution < 1.29 is 18.1 Å². The number of nitrogens with two attached hydrogens (primary N) is 1. The molecule has 1 rings (SSSR count). The maximum atomic E-state index is 12.1. The van der Waals surface area contributed by atoms with Crippen molar-refractivity contribution in [1.82, 2.24) is 9.97 Å². The second kappa shape index (κ2) is 7.81. The molecule has 0 aromatic carbocycles. The molecular weight excluding hydrogens is 289 g/mol. The number of nitrogens with zero attached hydrogens (tertiary/aromatic N) is 2. The van der Waals surface area contributed by atoms with Gasteiger partial charge in [-0.05, 0) is 20.1 Å². The smallest absolute Gasteiger partial charge is 0.383 e. The third-order valence-electron chi connectivity index (χ3n) is 2.01. The molecule has 0 unspecified atom stereocenters. The average molecular weight is 307 g/mol. The Labute approximate surface area is 116 Å². The van der Waals surface area contributed by atoms with E-state index >= 15 is 0 Å². The summed E-state index contributed by atoms with van der Waals surface area (Å²) in [5, 5.41) is 0.569. The molecule has 108 valence electrons. The molecule has 0 bridgehead atoms. The second-order valence-electron chi connectivity index (χ2n) is 3.32. The van der Waals surface area contributed by atoms with Gasteiger partial charge in [0.05, 0.1) is 19.8 Å². The van der Waals surface area contributed by atoms with Crippen LogP contribution in [0, 0.1) is 0 Å². The molecule has 1 heterocycles. The minimum absolute atomic E-state index is 0.0300. The molecule has 19 heavy (non-hydrogen) atoms. The van der Waals surface area contributed by atoms with E-state index in [0.717, 1.165) is 0 Å². The summed E-state index contributed by atoms with van der Waals surface area (Å²) in [6, 6.07) is 0. The highest BCUT2D eigenvalue weighted by Gasteiger charge is 2.25. The van der Waals surface area contributed by atoms with Gasteiger partial charge in [-0.3, -0.25) is 13.6 Å². The molecule has 0 fully saturated rings. The van der Waals surface area contributed by atoms with Crippen molar-refractivity contribution in [3.63, 3.8) is 0 Å². The van der Waals surface area contributed by atoms with Crippen LogP contribution < -0.4 is 5.73 Å². The number of hydrogen-bond donors (Lipinski definition) is 1. The number of rotatable bonds is 8. The van der Waals surface area contributed by atoms with Gasteiger partial charge in [0, 0.05) is 11.8 Å². The molecule has 2 N–H and O–H groups in total. The van der Waals surface area contributed by atoms with E-state index in [1.54, 1.807) is 13.8 Å².